The Morgan fingerprint density at radius 1 is 1.40 bits per heavy atom. The highest BCUT2D eigenvalue weighted by molar-refractivity contribution is 7.98. The maximum atomic E-state index is 11.9. The second-order valence-electron chi connectivity index (χ2n) is 4.82. The summed E-state index contributed by atoms with van der Waals surface area (Å²) in [6.07, 6.45) is 4.91. The number of rotatable bonds is 8. The van der Waals surface area contributed by atoms with E-state index in [4.69, 9.17) is 9.84 Å². The van der Waals surface area contributed by atoms with Crippen molar-refractivity contribution in [1.29, 1.82) is 0 Å². The van der Waals surface area contributed by atoms with Crippen molar-refractivity contribution in [2.45, 2.75) is 31.8 Å². The first kappa shape index (κ1) is 17.1. The molecule has 1 saturated heterocycles. The zero-order chi connectivity index (χ0) is 14.8. The molecule has 20 heavy (non-hydrogen) atoms. The predicted molar refractivity (Wildman–Crippen MR) is 79.2 cm³/mol. The Balaban J connectivity index is 2.17. The van der Waals surface area contributed by atoms with Crippen molar-refractivity contribution < 1.29 is 19.4 Å². The van der Waals surface area contributed by atoms with Crippen molar-refractivity contribution >= 4 is 23.8 Å². The normalized spacial score (nSPS) is 18.9. The van der Waals surface area contributed by atoms with E-state index in [-0.39, 0.29) is 12.5 Å². The molecule has 1 unspecified atom stereocenters. The lowest BCUT2D eigenvalue weighted by Crippen LogP contribution is -2.50. The molecule has 116 valence electrons. The summed E-state index contributed by atoms with van der Waals surface area (Å²) in [7, 11) is 0. The number of nitrogens with zero attached hydrogens (tertiary/aromatic N) is 1. The smallest absolute Gasteiger partial charge is 0.317 e. The van der Waals surface area contributed by atoms with Gasteiger partial charge in [0, 0.05) is 19.6 Å². The van der Waals surface area contributed by atoms with Gasteiger partial charge in [0.05, 0.1) is 19.1 Å². The minimum Gasteiger partial charge on any atom is -0.481 e. The summed E-state index contributed by atoms with van der Waals surface area (Å²) in [4.78, 5) is 24.2. The average molecular weight is 304 g/mol. The third kappa shape index (κ3) is 7.00. The molecule has 1 aliphatic rings. The maximum absolute atomic E-state index is 11.9. The van der Waals surface area contributed by atoms with Gasteiger partial charge in [0.1, 0.15) is 0 Å². The van der Waals surface area contributed by atoms with Crippen molar-refractivity contribution in [1.82, 2.24) is 10.2 Å². The number of carbonyl (C=O) groups excluding carboxylic acids is 1. The summed E-state index contributed by atoms with van der Waals surface area (Å²) >= 11 is 1.84. The van der Waals surface area contributed by atoms with Gasteiger partial charge in [0.15, 0.2) is 0 Å². The Labute approximate surface area is 124 Å². The molecular formula is C13H24N2O4S. The number of hydrogen-bond donors (Lipinski definition) is 2. The van der Waals surface area contributed by atoms with Crippen LogP contribution in [-0.2, 0) is 9.53 Å². The molecule has 2 amide bonds. The van der Waals surface area contributed by atoms with E-state index in [1.165, 1.54) is 6.42 Å². The van der Waals surface area contributed by atoms with Gasteiger partial charge < -0.3 is 20.1 Å². The monoisotopic (exact) mass is 304 g/mol. The summed E-state index contributed by atoms with van der Waals surface area (Å²) in [5.41, 5.74) is 0. The number of urea groups is 1. The fourth-order valence-electron chi connectivity index (χ4n) is 2.08. The third-order valence-corrected chi connectivity index (χ3v) is 3.83. The van der Waals surface area contributed by atoms with E-state index in [0.29, 0.717) is 26.2 Å². The molecule has 1 atom stereocenters. The van der Waals surface area contributed by atoms with Gasteiger partial charge in [-0.1, -0.05) is 6.42 Å². The molecule has 0 aliphatic carbocycles. The molecule has 0 aromatic rings. The van der Waals surface area contributed by atoms with Gasteiger partial charge in [-0.15, -0.1) is 0 Å². The quantitative estimate of drug-likeness (QED) is 0.663. The van der Waals surface area contributed by atoms with Crippen LogP contribution in [0.5, 0.6) is 0 Å². The Hall–Kier alpha value is -0.950. The number of amides is 2. The number of hydrogen-bond acceptors (Lipinski definition) is 4. The van der Waals surface area contributed by atoms with E-state index in [0.717, 1.165) is 18.6 Å². The van der Waals surface area contributed by atoms with Gasteiger partial charge in [-0.05, 0) is 24.9 Å². The van der Waals surface area contributed by atoms with Gasteiger partial charge in [0.2, 0.25) is 0 Å². The van der Waals surface area contributed by atoms with Gasteiger partial charge in [-0.25, -0.2) is 4.79 Å². The number of aliphatic carboxylic acids is 1. The van der Waals surface area contributed by atoms with Crippen LogP contribution >= 0.6 is 11.8 Å². The largest absolute Gasteiger partial charge is 0.481 e. The highest BCUT2D eigenvalue weighted by Gasteiger charge is 2.25. The highest BCUT2D eigenvalue weighted by atomic mass is 32.2. The molecule has 0 bridgehead atoms. The van der Waals surface area contributed by atoms with Gasteiger partial charge in [0.25, 0.3) is 0 Å². The minimum atomic E-state index is -0.897. The summed E-state index contributed by atoms with van der Waals surface area (Å²) in [6.45, 7) is 1.95. The zero-order valence-electron chi connectivity index (χ0n) is 12.0. The molecule has 0 saturated carbocycles. The summed E-state index contributed by atoms with van der Waals surface area (Å²) in [5.74, 6) is 0.264. The van der Waals surface area contributed by atoms with E-state index >= 15 is 0 Å². The van der Waals surface area contributed by atoms with Crippen LogP contribution in [0.2, 0.25) is 0 Å². The van der Waals surface area contributed by atoms with Crippen molar-refractivity contribution in [2.24, 2.45) is 0 Å². The fourth-order valence-corrected chi connectivity index (χ4v) is 2.57. The number of carboxylic acid groups (broad SMARTS) is 1. The number of morpholine rings is 1. The van der Waals surface area contributed by atoms with Crippen LogP contribution in [0.25, 0.3) is 0 Å². The Morgan fingerprint density at radius 3 is 2.90 bits per heavy atom. The molecule has 0 radical (unpaired) electrons. The van der Waals surface area contributed by atoms with Crippen LogP contribution in [-0.4, -0.2) is 66.4 Å². The standard InChI is InChI=1S/C13H24N2O4S/c1-20-8-4-2-3-5-14-13(18)15-6-7-19-11(10-15)9-12(16)17/h11H,2-10H2,1H3,(H,14,18)(H,16,17). The van der Waals surface area contributed by atoms with Crippen LogP contribution in [0.15, 0.2) is 0 Å². The lowest BCUT2D eigenvalue weighted by atomic mass is 10.2. The van der Waals surface area contributed by atoms with E-state index in [1.807, 2.05) is 11.8 Å². The van der Waals surface area contributed by atoms with Crippen LogP contribution in [0.4, 0.5) is 4.79 Å². The van der Waals surface area contributed by atoms with Crippen LogP contribution in [0.3, 0.4) is 0 Å². The van der Waals surface area contributed by atoms with Gasteiger partial charge in [-0.3, -0.25) is 4.79 Å². The molecule has 0 aromatic carbocycles. The molecular weight excluding hydrogens is 280 g/mol. The van der Waals surface area contributed by atoms with E-state index < -0.39 is 12.1 Å². The fraction of sp³-hybridized carbons (Fsp3) is 0.846. The summed E-state index contributed by atoms with van der Waals surface area (Å²) in [5, 5.41) is 11.6. The lowest BCUT2D eigenvalue weighted by molar-refractivity contribution is -0.141. The Morgan fingerprint density at radius 2 is 2.20 bits per heavy atom. The van der Waals surface area contributed by atoms with E-state index in [1.54, 1.807) is 4.90 Å². The van der Waals surface area contributed by atoms with Crippen LogP contribution in [0.1, 0.15) is 25.7 Å². The number of thioether (sulfide) groups is 1. The molecule has 1 aliphatic heterocycles. The van der Waals surface area contributed by atoms with E-state index in [2.05, 4.69) is 11.6 Å². The Bertz CT molecular complexity index is 315. The summed E-state index contributed by atoms with van der Waals surface area (Å²) in [6, 6.07) is -0.117. The number of unbranched alkanes of at least 4 members (excludes halogenated alkanes) is 2. The second-order valence-corrected chi connectivity index (χ2v) is 5.81. The third-order valence-electron chi connectivity index (χ3n) is 3.13. The highest BCUT2D eigenvalue weighted by Crippen LogP contribution is 2.09. The molecule has 1 fully saturated rings. The van der Waals surface area contributed by atoms with Crippen molar-refractivity contribution in [3.8, 4) is 0 Å². The first-order valence-electron chi connectivity index (χ1n) is 6.98. The van der Waals surface area contributed by atoms with E-state index in [9.17, 15) is 9.59 Å². The molecule has 2 N–H and O–H groups in total. The summed E-state index contributed by atoms with van der Waals surface area (Å²) < 4.78 is 5.33. The number of ether oxygens (including phenoxy) is 1. The first-order chi connectivity index (χ1) is 9.63. The van der Waals surface area contributed by atoms with Gasteiger partial charge in [-0.2, -0.15) is 11.8 Å². The van der Waals surface area contributed by atoms with Crippen molar-refractivity contribution in [3.05, 3.63) is 0 Å². The maximum Gasteiger partial charge on any atom is 0.317 e. The molecule has 0 aromatic heterocycles. The number of carbonyl (C=O) groups is 2. The molecule has 7 heteroatoms. The molecule has 1 heterocycles. The number of nitrogens with one attached hydrogen (secondary N) is 1. The SMILES string of the molecule is CSCCCCCNC(=O)N1CCOC(CC(=O)O)C1. The topological polar surface area (TPSA) is 78.9 Å². The molecule has 1 rings (SSSR count). The predicted octanol–water partition coefficient (Wildman–Crippen LogP) is 1.40. The van der Waals surface area contributed by atoms with Crippen molar-refractivity contribution in [3.63, 3.8) is 0 Å². The first-order valence-corrected chi connectivity index (χ1v) is 8.38. The average Bonchev–Trinajstić information content (AvgIpc) is 2.42. The Kier molecular flexibility index (Phi) is 8.45. The second kappa shape index (κ2) is 9.88. The number of carboxylic acids is 1. The molecule has 0 spiro atoms. The zero-order valence-corrected chi connectivity index (χ0v) is 12.8. The van der Waals surface area contributed by atoms with Gasteiger partial charge >= 0.3 is 12.0 Å². The minimum absolute atomic E-state index is 0.0571. The van der Waals surface area contributed by atoms with Crippen LogP contribution < -0.4 is 5.32 Å². The molecule has 6 nitrogen and oxygen atoms in total. The van der Waals surface area contributed by atoms with Crippen LogP contribution in [0, 0.1) is 0 Å². The lowest BCUT2D eigenvalue weighted by Gasteiger charge is -2.32. The van der Waals surface area contributed by atoms with Crippen molar-refractivity contribution in [2.75, 3.05) is 38.2 Å².